The highest BCUT2D eigenvalue weighted by Gasteiger charge is 2.29. The monoisotopic (exact) mass is 314 g/mol. The van der Waals surface area contributed by atoms with Crippen LogP contribution in [0, 0.1) is 11.3 Å². The van der Waals surface area contributed by atoms with Crippen molar-refractivity contribution in [2.75, 3.05) is 6.61 Å². The summed E-state index contributed by atoms with van der Waals surface area (Å²) in [6.45, 7) is 3.80. The molecule has 1 aromatic rings. The summed E-state index contributed by atoms with van der Waals surface area (Å²) in [5, 5.41) is 8.81. The molecule has 1 aliphatic rings. The molecule has 2 rings (SSSR count). The minimum absolute atomic E-state index is 0.138. The molecule has 0 radical (unpaired) electrons. The Kier molecular flexibility index (Phi) is 5.75. The second-order valence-corrected chi connectivity index (χ2v) is 6.00. The molecule has 0 N–H and O–H groups in total. The van der Waals surface area contributed by atoms with E-state index in [2.05, 4.69) is 0 Å². The number of amides is 1. The van der Waals surface area contributed by atoms with Crippen LogP contribution >= 0.6 is 0 Å². The summed E-state index contributed by atoms with van der Waals surface area (Å²) in [4.78, 5) is 26.4. The molecule has 1 fully saturated rings. The van der Waals surface area contributed by atoms with Crippen LogP contribution in [0.1, 0.15) is 49.0 Å². The van der Waals surface area contributed by atoms with Crippen molar-refractivity contribution in [3.63, 3.8) is 0 Å². The van der Waals surface area contributed by atoms with Gasteiger partial charge in [-0.1, -0.05) is 18.2 Å². The Hall–Kier alpha value is -2.35. The zero-order chi connectivity index (χ0) is 16.8. The lowest BCUT2D eigenvalue weighted by molar-refractivity contribution is -0.140. The van der Waals surface area contributed by atoms with Crippen molar-refractivity contribution in [1.82, 2.24) is 4.90 Å². The van der Waals surface area contributed by atoms with Crippen LogP contribution in [0.4, 0.5) is 0 Å². The van der Waals surface area contributed by atoms with Gasteiger partial charge in [0.2, 0.25) is 0 Å². The normalized spacial score (nSPS) is 20.7. The quantitative estimate of drug-likeness (QED) is 0.801. The van der Waals surface area contributed by atoms with Crippen LogP contribution in [-0.4, -0.2) is 35.5 Å². The number of piperidine rings is 1. The number of ether oxygens (including phenoxy) is 1. The van der Waals surface area contributed by atoms with Gasteiger partial charge in [-0.2, -0.15) is 5.26 Å². The van der Waals surface area contributed by atoms with E-state index in [1.807, 2.05) is 24.8 Å². The van der Waals surface area contributed by atoms with E-state index in [0.717, 1.165) is 19.3 Å². The van der Waals surface area contributed by atoms with E-state index in [9.17, 15) is 9.59 Å². The zero-order valence-electron chi connectivity index (χ0n) is 13.6. The van der Waals surface area contributed by atoms with Crippen molar-refractivity contribution in [3.8, 4) is 6.07 Å². The number of nitrogens with zero attached hydrogens (tertiary/aromatic N) is 2. The number of benzene rings is 1. The number of rotatable bonds is 4. The Bertz CT molecular complexity index is 611. The van der Waals surface area contributed by atoms with Crippen LogP contribution in [-0.2, 0) is 16.0 Å². The minimum Gasteiger partial charge on any atom is -0.452 e. The maximum Gasteiger partial charge on any atom is 0.338 e. The summed E-state index contributed by atoms with van der Waals surface area (Å²) in [5.41, 5.74) is 0.966. The molecule has 1 saturated heterocycles. The van der Waals surface area contributed by atoms with Crippen LogP contribution in [0.15, 0.2) is 24.3 Å². The lowest BCUT2D eigenvalue weighted by Gasteiger charge is -2.38. The van der Waals surface area contributed by atoms with Crippen LogP contribution < -0.4 is 0 Å². The highest BCUT2D eigenvalue weighted by molar-refractivity contribution is 5.92. The molecule has 23 heavy (non-hydrogen) atoms. The first-order chi connectivity index (χ1) is 11.0. The molecule has 1 aliphatic heterocycles. The predicted octanol–water partition coefficient (Wildman–Crippen LogP) is 2.70. The minimum atomic E-state index is -0.554. The Labute approximate surface area is 136 Å². The van der Waals surface area contributed by atoms with Gasteiger partial charge in [0.25, 0.3) is 5.91 Å². The molecule has 0 aliphatic carbocycles. The van der Waals surface area contributed by atoms with Crippen molar-refractivity contribution in [1.29, 1.82) is 5.26 Å². The van der Waals surface area contributed by atoms with E-state index in [-0.39, 0.29) is 31.0 Å². The number of hydrogen-bond acceptors (Lipinski definition) is 4. The van der Waals surface area contributed by atoms with Gasteiger partial charge in [0.15, 0.2) is 6.61 Å². The maximum atomic E-state index is 12.4. The molecule has 0 saturated carbocycles. The Balaban J connectivity index is 1.99. The third kappa shape index (κ3) is 4.10. The van der Waals surface area contributed by atoms with Crippen molar-refractivity contribution < 1.29 is 14.3 Å². The topological polar surface area (TPSA) is 70.4 Å². The van der Waals surface area contributed by atoms with Crippen LogP contribution in [0.5, 0.6) is 0 Å². The Morgan fingerprint density at radius 1 is 1.26 bits per heavy atom. The fourth-order valence-electron chi connectivity index (χ4n) is 3.15. The SMILES string of the molecule is C[C@@H]1CCC[C@@H](C)N1C(=O)COC(=O)c1ccccc1CC#N. The van der Waals surface area contributed by atoms with Gasteiger partial charge < -0.3 is 9.64 Å². The van der Waals surface area contributed by atoms with Crippen LogP contribution in [0.25, 0.3) is 0 Å². The van der Waals surface area contributed by atoms with Crippen molar-refractivity contribution >= 4 is 11.9 Å². The molecule has 0 aromatic heterocycles. The van der Waals surface area contributed by atoms with E-state index in [4.69, 9.17) is 10.00 Å². The molecule has 1 aromatic carbocycles. The van der Waals surface area contributed by atoms with Crippen molar-refractivity contribution in [3.05, 3.63) is 35.4 Å². The molecule has 0 spiro atoms. The fourth-order valence-corrected chi connectivity index (χ4v) is 3.15. The van der Waals surface area contributed by atoms with Crippen LogP contribution in [0.3, 0.4) is 0 Å². The summed E-state index contributed by atoms with van der Waals surface area (Å²) in [5.74, 6) is -0.711. The van der Waals surface area contributed by atoms with Gasteiger partial charge in [-0.3, -0.25) is 4.79 Å². The summed E-state index contributed by atoms with van der Waals surface area (Å²) in [6, 6.07) is 9.20. The molecule has 1 heterocycles. The van der Waals surface area contributed by atoms with Gasteiger partial charge in [0.05, 0.1) is 18.1 Å². The number of carbonyl (C=O) groups is 2. The van der Waals surface area contributed by atoms with Gasteiger partial charge in [-0.25, -0.2) is 4.79 Å². The van der Waals surface area contributed by atoms with E-state index in [1.165, 1.54) is 0 Å². The molecular formula is C18H22N2O3. The van der Waals surface area contributed by atoms with Gasteiger partial charge in [0.1, 0.15) is 0 Å². The lowest BCUT2D eigenvalue weighted by atomic mass is 9.97. The van der Waals surface area contributed by atoms with Crippen LogP contribution in [0.2, 0.25) is 0 Å². The summed E-state index contributed by atoms with van der Waals surface area (Å²) >= 11 is 0. The average Bonchev–Trinajstić information content (AvgIpc) is 2.53. The molecular weight excluding hydrogens is 292 g/mol. The highest BCUT2D eigenvalue weighted by Crippen LogP contribution is 2.22. The lowest BCUT2D eigenvalue weighted by Crippen LogP contribution is -2.49. The second-order valence-electron chi connectivity index (χ2n) is 6.00. The molecule has 0 bridgehead atoms. The smallest absolute Gasteiger partial charge is 0.338 e. The number of nitriles is 1. The number of likely N-dealkylation sites (tertiary alicyclic amines) is 1. The van der Waals surface area contributed by atoms with E-state index >= 15 is 0 Å². The molecule has 0 unspecified atom stereocenters. The largest absolute Gasteiger partial charge is 0.452 e. The second kappa shape index (κ2) is 7.77. The molecule has 5 nitrogen and oxygen atoms in total. The third-order valence-corrected chi connectivity index (χ3v) is 4.32. The Morgan fingerprint density at radius 3 is 2.57 bits per heavy atom. The van der Waals surface area contributed by atoms with Gasteiger partial charge in [-0.05, 0) is 44.7 Å². The number of hydrogen-bond donors (Lipinski definition) is 0. The van der Waals surface area contributed by atoms with E-state index < -0.39 is 5.97 Å². The van der Waals surface area contributed by atoms with Gasteiger partial charge in [0, 0.05) is 12.1 Å². The molecule has 5 heteroatoms. The summed E-state index contributed by atoms with van der Waals surface area (Å²) < 4.78 is 5.19. The first-order valence-electron chi connectivity index (χ1n) is 7.97. The summed E-state index contributed by atoms with van der Waals surface area (Å²) in [6.07, 6.45) is 3.22. The van der Waals surface area contributed by atoms with Gasteiger partial charge in [-0.15, -0.1) is 0 Å². The standard InChI is InChI=1S/C18H22N2O3/c1-13-6-5-7-14(2)20(13)17(21)12-23-18(22)16-9-4-3-8-15(16)10-11-19/h3-4,8-9,13-14H,5-7,10,12H2,1-2H3/t13-,14-/m1/s1. The van der Waals surface area contributed by atoms with E-state index in [1.54, 1.807) is 24.3 Å². The zero-order valence-corrected chi connectivity index (χ0v) is 13.6. The van der Waals surface area contributed by atoms with Gasteiger partial charge >= 0.3 is 5.97 Å². The van der Waals surface area contributed by atoms with E-state index in [0.29, 0.717) is 11.1 Å². The predicted molar refractivity (Wildman–Crippen MR) is 85.7 cm³/mol. The third-order valence-electron chi connectivity index (χ3n) is 4.32. The average molecular weight is 314 g/mol. The molecule has 2 atom stereocenters. The summed E-state index contributed by atoms with van der Waals surface area (Å²) in [7, 11) is 0. The number of esters is 1. The highest BCUT2D eigenvalue weighted by atomic mass is 16.5. The Morgan fingerprint density at radius 2 is 1.91 bits per heavy atom. The van der Waals surface area contributed by atoms with Crippen molar-refractivity contribution in [2.24, 2.45) is 0 Å². The molecule has 122 valence electrons. The molecule has 1 amide bonds. The number of carbonyl (C=O) groups excluding carboxylic acids is 2. The fraction of sp³-hybridized carbons (Fsp3) is 0.500. The van der Waals surface area contributed by atoms with Crippen molar-refractivity contribution in [2.45, 2.75) is 51.6 Å². The first-order valence-corrected chi connectivity index (χ1v) is 7.97. The maximum absolute atomic E-state index is 12.4. The first kappa shape index (κ1) is 17.0.